The van der Waals surface area contributed by atoms with Crippen LogP contribution in [0.15, 0.2) is 30.3 Å². The van der Waals surface area contributed by atoms with Gasteiger partial charge < -0.3 is 18.9 Å². The third-order valence-electron chi connectivity index (χ3n) is 5.00. The molecule has 0 radical (unpaired) electrons. The van der Waals surface area contributed by atoms with E-state index in [4.69, 9.17) is 18.9 Å². The van der Waals surface area contributed by atoms with E-state index in [0.717, 1.165) is 5.56 Å². The van der Waals surface area contributed by atoms with Gasteiger partial charge in [-0.15, -0.1) is 0 Å². The number of benzene rings is 1. The van der Waals surface area contributed by atoms with Crippen molar-refractivity contribution in [2.24, 2.45) is 5.41 Å². The van der Waals surface area contributed by atoms with E-state index in [1.165, 1.54) is 6.92 Å². The van der Waals surface area contributed by atoms with Gasteiger partial charge in [0.15, 0.2) is 18.0 Å². The number of hydrogen-bond acceptors (Lipinski definition) is 7. The summed E-state index contributed by atoms with van der Waals surface area (Å²) in [7, 11) is 0. The summed E-state index contributed by atoms with van der Waals surface area (Å²) < 4.78 is 21.8. The van der Waals surface area contributed by atoms with Crippen molar-refractivity contribution in [1.29, 1.82) is 0 Å². The first-order valence-electron chi connectivity index (χ1n) is 8.91. The van der Waals surface area contributed by atoms with Crippen LogP contribution in [0.3, 0.4) is 0 Å². The highest BCUT2D eigenvalue weighted by atomic mass is 16.8. The summed E-state index contributed by atoms with van der Waals surface area (Å²) in [5.41, 5.74) is -0.468. The summed E-state index contributed by atoms with van der Waals surface area (Å²) in [6.07, 6.45) is -2.00. The molecule has 0 aromatic heterocycles. The summed E-state index contributed by atoms with van der Waals surface area (Å²) in [5, 5.41) is 0. The molecule has 0 unspecified atom stereocenters. The van der Waals surface area contributed by atoms with E-state index in [2.05, 4.69) is 0 Å². The molecular formula is C20H24O7. The van der Waals surface area contributed by atoms with E-state index in [-0.39, 0.29) is 18.8 Å². The molecule has 0 amide bonds. The van der Waals surface area contributed by atoms with Crippen molar-refractivity contribution in [3.8, 4) is 0 Å². The third kappa shape index (κ3) is 3.89. The summed E-state index contributed by atoms with van der Waals surface area (Å²) in [5.74, 6) is -2.39. The maximum Gasteiger partial charge on any atom is 0.338 e. The second-order valence-corrected chi connectivity index (χ2v) is 7.65. The summed E-state index contributed by atoms with van der Waals surface area (Å²) in [6.45, 7) is 6.14. The van der Waals surface area contributed by atoms with Gasteiger partial charge in [0.25, 0.3) is 0 Å². The highest BCUT2D eigenvalue weighted by molar-refractivity contribution is 6.02. The van der Waals surface area contributed by atoms with Crippen LogP contribution in [-0.2, 0) is 39.8 Å². The van der Waals surface area contributed by atoms with Crippen molar-refractivity contribution in [2.45, 2.75) is 58.2 Å². The van der Waals surface area contributed by atoms with Crippen molar-refractivity contribution in [1.82, 2.24) is 0 Å². The molecule has 146 valence electrons. The third-order valence-corrected chi connectivity index (χ3v) is 5.00. The number of fused-ring (bicyclic) bond motifs is 1. The fourth-order valence-electron chi connectivity index (χ4n) is 3.32. The number of Topliss-reactive ketones (excluding diaryl/α,β-unsaturated/α-hetero) is 1. The van der Waals surface area contributed by atoms with Crippen LogP contribution >= 0.6 is 0 Å². The van der Waals surface area contributed by atoms with E-state index < -0.39 is 41.5 Å². The van der Waals surface area contributed by atoms with Crippen LogP contribution in [0, 0.1) is 5.41 Å². The lowest BCUT2D eigenvalue weighted by Gasteiger charge is -2.26. The van der Waals surface area contributed by atoms with E-state index >= 15 is 0 Å². The Hall–Kier alpha value is -2.25. The zero-order valence-corrected chi connectivity index (χ0v) is 15.9. The Bertz CT molecular complexity index is 742. The van der Waals surface area contributed by atoms with Gasteiger partial charge in [-0.1, -0.05) is 30.3 Å². The fourth-order valence-corrected chi connectivity index (χ4v) is 3.32. The predicted octanol–water partition coefficient (Wildman–Crippen LogP) is 1.81. The van der Waals surface area contributed by atoms with Crippen molar-refractivity contribution in [3.63, 3.8) is 0 Å². The second kappa shape index (κ2) is 7.05. The fraction of sp³-hybridized carbons (Fsp3) is 0.550. The van der Waals surface area contributed by atoms with Crippen molar-refractivity contribution in [2.75, 3.05) is 6.61 Å². The lowest BCUT2D eigenvalue weighted by Crippen LogP contribution is -2.41. The van der Waals surface area contributed by atoms with Gasteiger partial charge in [0, 0.05) is 0 Å². The lowest BCUT2D eigenvalue weighted by molar-refractivity contribution is -0.192. The van der Waals surface area contributed by atoms with E-state index in [1.54, 1.807) is 20.8 Å². The van der Waals surface area contributed by atoms with Gasteiger partial charge in [0.05, 0.1) is 0 Å². The maximum absolute atomic E-state index is 12.7. The summed E-state index contributed by atoms with van der Waals surface area (Å²) >= 11 is 0. The topological polar surface area (TPSA) is 88.1 Å². The van der Waals surface area contributed by atoms with Crippen LogP contribution in [0.1, 0.15) is 33.3 Å². The average Bonchev–Trinajstić information content (AvgIpc) is 3.07. The van der Waals surface area contributed by atoms with Crippen LogP contribution in [0.4, 0.5) is 0 Å². The molecule has 3 rings (SSSR count). The Morgan fingerprint density at radius 1 is 1.19 bits per heavy atom. The molecule has 0 aliphatic carbocycles. The maximum atomic E-state index is 12.7. The predicted molar refractivity (Wildman–Crippen MR) is 93.6 cm³/mol. The first kappa shape index (κ1) is 19.5. The molecule has 7 heteroatoms. The molecule has 4 atom stereocenters. The summed E-state index contributed by atoms with van der Waals surface area (Å²) in [4.78, 5) is 36.8. The smallest absolute Gasteiger partial charge is 0.338 e. The molecule has 0 N–H and O–H groups in total. The molecule has 1 aromatic carbocycles. The Kier molecular flexibility index (Phi) is 5.10. The number of rotatable bonds is 6. The molecule has 0 spiro atoms. The Labute approximate surface area is 157 Å². The Morgan fingerprint density at radius 2 is 1.85 bits per heavy atom. The van der Waals surface area contributed by atoms with Crippen LogP contribution in [0.5, 0.6) is 0 Å². The number of carbonyl (C=O) groups is 3. The molecule has 0 saturated carbocycles. The number of carbonyl (C=O) groups excluding carboxylic acids is 3. The molecule has 2 aliphatic rings. The first-order chi connectivity index (χ1) is 12.6. The molecular weight excluding hydrogens is 352 g/mol. The van der Waals surface area contributed by atoms with Crippen LogP contribution in [0.2, 0.25) is 0 Å². The molecule has 2 saturated heterocycles. The summed E-state index contributed by atoms with van der Waals surface area (Å²) in [6, 6.07) is 9.26. The van der Waals surface area contributed by atoms with Gasteiger partial charge >= 0.3 is 11.9 Å². The number of ether oxygens (including phenoxy) is 4. The zero-order valence-electron chi connectivity index (χ0n) is 15.9. The highest BCUT2D eigenvalue weighted by Crippen LogP contribution is 2.36. The molecule has 2 heterocycles. The van der Waals surface area contributed by atoms with E-state index in [0.29, 0.717) is 0 Å². The largest absolute Gasteiger partial charge is 0.461 e. The Morgan fingerprint density at radius 3 is 2.48 bits per heavy atom. The van der Waals surface area contributed by atoms with Crippen molar-refractivity contribution in [3.05, 3.63) is 35.9 Å². The minimum atomic E-state index is -1.32. The number of cyclic esters (lactones) is 1. The van der Waals surface area contributed by atoms with E-state index in [9.17, 15) is 14.4 Å². The standard InChI is InChI=1S/C20H24O7/c1-12(21)20(4,10-13-8-6-5-7-9-13)18(23)24-11-14-15-16(17(22)25-14)27-19(2,3)26-15/h5-9,14-16H,10-11H2,1-4H3/t14-,15-,16-,20-/m1/s1. The highest BCUT2D eigenvalue weighted by Gasteiger charge is 2.56. The molecule has 7 nitrogen and oxygen atoms in total. The Balaban J connectivity index is 1.66. The molecule has 27 heavy (non-hydrogen) atoms. The van der Waals surface area contributed by atoms with Gasteiger partial charge in [-0.05, 0) is 39.7 Å². The second-order valence-electron chi connectivity index (χ2n) is 7.65. The number of hydrogen-bond donors (Lipinski definition) is 0. The average molecular weight is 376 g/mol. The quantitative estimate of drug-likeness (QED) is 0.553. The molecule has 2 aliphatic heterocycles. The lowest BCUT2D eigenvalue weighted by atomic mass is 9.80. The molecule has 0 bridgehead atoms. The number of ketones is 1. The van der Waals surface area contributed by atoms with Gasteiger partial charge in [-0.3, -0.25) is 9.59 Å². The zero-order chi connectivity index (χ0) is 19.8. The normalized spacial score (nSPS) is 28.1. The minimum Gasteiger partial charge on any atom is -0.461 e. The monoisotopic (exact) mass is 376 g/mol. The minimum absolute atomic E-state index is 0.192. The van der Waals surface area contributed by atoms with Crippen LogP contribution in [0.25, 0.3) is 0 Å². The van der Waals surface area contributed by atoms with Gasteiger partial charge in [0.1, 0.15) is 23.9 Å². The van der Waals surface area contributed by atoms with E-state index in [1.807, 2.05) is 30.3 Å². The SMILES string of the molecule is CC(=O)[C@@](C)(Cc1ccccc1)C(=O)OC[C@H]1OC(=O)[C@@H]2OC(C)(C)O[C@H]12. The molecule has 1 aromatic rings. The van der Waals surface area contributed by atoms with Gasteiger partial charge in [0.2, 0.25) is 0 Å². The van der Waals surface area contributed by atoms with Crippen molar-refractivity contribution < 1.29 is 33.3 Å². The van der Waals surface area contributed by atoms with Crippen molar-refractivity contribution >= 4 is 17.7 Å². The van der Waals surface area contributed by atoms with Crippen LogP contribution in [-0.4, -0.2) is 48.4 Å². The first-order valence-corrected chi connectivity index (χ1v) is 8.91. The molecule has 2 fully saturated rings. The van der Waals surface area contributed by atoms with Crippen LogP contribution < -0.4 is 0 Å². The van der Waals surface area contributed by atoms with Gasteiger partial charge in [-0.25, -0.2) is 4.79 Å². The number of esters is 2. The van der Waals surface area contributed by atoms with Gasteiger partial charge in [-0.2, -0.15) is 0 Å².